The minimum atomic E-state index is -3.72. The molecule has 0 saturated carbocycles. The van der Waals surface area contributed by atoms with Crippen LogP contribution in [0.25, 0.3) is 5.78 Å². The molecule has 10 heteroatoms. The molecular formula is C20H18ClN5O2S2. The number of fused-ring (bicyclic) bond motifs is 1. The van der Waals surface area contributed by atoms with Crippen LogP contribution >= 0.6 is 23.4 Å². The number of nitrogens with zero attached hydrogens (tertiary/aromatic N) is 4. The van der Waals surface area contributed by atoms with Crippen molar-refractivity contribution in [2.45, 2.75) is 35.1 Å². The van der Waals surface area contributed by atoms with E-state index in [9.17, 15) is 8.42 Å². The Bertz CT molecular complexity index is 1320. The Kier molecular flexibility index (Phi) is 5.68. The van der Waals surface area contributed by atoms with Crippen LogP contribution in [0.5, 0.6) is 0 Å². The van der Waals surface area contributed by atoms with Crippen molar-refractivity contribution in [3.05, 3.63) is 71.1 Å². The van der Waals surface area contributed by atoms with Gasteiger partial charge in [-0.1, -0.05) is 36.4 Å². The summed E-state index contributed by atoms with van der Waals surface area (Å²) in [4.78, 5) is 9.73. The van der Waals surface area contributed by atoms with E-state index in [-0.39, 0.29) is 4.90 Å². The van der Waals surface area contributed by atoms with Crippen molar-refractivity contribution in [3.63, 3.8) is 0 Å². The maximum Gasteiger partial charge on any atom is 0.261 e. The molecule has 4 rings (SSSR count). The first-order chi connectivity index (χ1) is 14.4. The Labute approximate surface area is 183 Å². The van der Waals surface area contributed by atoms with Crippen LogP contribution in [0, 0.1) is 6.92 Å². The predicted octanol–water partition coefficient (Wildman–Crippen LogP) is 4.60. The number of hydrogen-bond donors (Lipinski definition) is 1. The summed E-state index contributed by atoms with van der Waals surface area (Å²) in [5.41, 5.74) is 2.49. The number of halogens is 1. The fourth-order valence-electron chi connectivity index (χ4n) is 3.02. The van der Waals surface area contributed by atoms with Gasteiger partial charge >= 0.3 is 0 Å². The molecule has 2 aromatic heterocycles. The lowest BCUT2D eigenvalue weighted by atomic mass is 10.2. The molecule has 0 amide bonds. The van der Waals surface area contributed by atoms with Crippen LogP contribution in [0.15, 0.2) is 69.7 Å². The first-order valence-corrected chi connectivity index (χ1v) is 11.8. The smallest absolute Gasteiger partial charge is 0.261 e. The summed E-state index contributed by atoms with van der Waals surface area (Å²) in [6, 6.07) is 13.3. The van der Waals surface area contributed by atoms with E-state index in [0.717, 1.165) is 27.6 Å². The first kappa shape index (κ1) is 20.6. The lowest BCUT2D eigenvalue weighted by Crippen LogP contribution is -2.12. The van der Waals surface area contributed by atoms with Gasteiger partial charge in [-0.2, -0.15) is 14.6 Å². The molecule has 30 heavy (non-hydrogen) atoms. The van der Waals surface area contributed by atoms with Gasteiger partial charge < -0.3 is 0 Å². The summed E-state index contributed by atoms with van der Waals surface area (Å²) >= 11 is 7.45. The summed E-state index contributed by atoms with van der Waals surface area (Å²) in [7, 11) is -3.72. The highest BCUT2D eigenvalue weighted by atomic mass is 35.5. The fourth-order valence-corrected chi connectivity index (χ4v) is 5.50. The van der Waals surface area contributed by atoms with Crippen LogP contribution in [0.1, 0.15) is 18.2 Å². The zero-order valence-electron chi connectivity index (χ0n) is 16.2. The number of nitrogens with one attached hydrogen (secondary N) is 1. The molecule has 2 aromatic carbocycles. The Balaban J connectivity index is 1.59. The standard InChI is InChI=1S/C20H18ClN5O2S2/c1-3-18-13(2)24-20-22-12-23-26(20)19(18)29-16-9-7-15(8-10-16)25-30(27,28)17-6-4-5-14(21)11-17/h4-12,25H,3H2,1-2H3. The maximum absolute atomic E-state index is 12.6. The van der Waals surface area contributed by atoms with Crippen LogP contribution in [0.2, 0.25) is 5.02 Å². The SMILES string of the molecule is CCc1c(C)nc2ncnn2c1Sc1ccc(NS(=O)(=O)c2cccc(Cl)c2)cc1. The van der Waals surface area contributed by atoms with Gasteiger partial charge in [0.05, 0.1) is 4.90 Å². The molecule has 0 bridgehead atoms. The van der Waals surface area contributed by atoms with Gasteiger partial charge in [0.25, 0.3) is 15.8 Å². The summed E-state index contributed by atoms with van der Waals surface area (Å²) in [5, 5.41) is 5.60. The topological polar surface area (TPSA) is 89.2 Å². The fraction of sp³-hybridized carbons (Fsp3) is 0.150. The molecule has 0 radical (unpaired) electrons. The summed E-state index contributed by atoms with van der Waals surface area (Å²) in [6.45, 7) is 4.04. The van der Waals surface area contributed by atoms with E-state index in [2.05, 4.69) is 26.7 Å². The van der Waals surface area contributed by atoms with Crippen molar-refractivity contribution in [1.29, 1.82) is 0 Å². The molecule has 0 atom stereocenters. The molecule has 7 nitrogen and oxygen atoms in total. The molecule has 1 N–H and O–H groups in total. The number of sulfonamides is 1. The first-order valence-electron chi connectivity index (χ1n) is 9.13. The number of aromatic nitrogens is 4. The number of anilines is 1. The van der Waals surface area contributed by atoms with Crippen molar-refractivity contribution >= 4 is 44.9 Å². The number of benzene rings is 2. The quantitative estimate of drug-likeness (QED) is 0.424. The van der Waals surface area contributed by atoms with E-state index in [1.165, 1.54) is 30.2 Å². The van der Waals surface area contributed by atoms with E-state index >= 15 is 0 Å². The third kappa shape index (κ3) is 4.14. The van der Waals surface area contributed by atoms with Gasteiger partial charge in [-0.3, -0.25) is 4.72 Å². The van der Waals surface area contributed by atoms with Crippen LogP contribution in [-0.2, 0) is 16.4 Å². The summed E-state index contributed by atoms with van der Waals surface area (Å²) < 4.78 is 29.4. The second-order valence-electron chi connectivity index (χ2n) is 6.50. The van der Waals surface area contributed by atoms with E-state index in [4.69, 9.17) is 11.6 Å². The van der Waals surface area contributed by atoms with E-state index in [1.54, 1.807) is 28.8 Å². The van der Waals surface area contributed by atoms with Gasteiger partial charge in [-0.25, -0.2) is 13.4 Å². The van der Waals surface area contributed by atoms with Gasteiger partial charge in [0.2, 0.25) is 0 Å². The lowest BCUT2D eigenvalue weighted by Gasteiger charge is -2.12. The molecule has 0 aliphatic carbocycles. The number of aryl methyl sites for hydroxylation is 1. The zero-order valence-corrected chi connectivity index (χ0v) is 18.6. The highest BCUT2D eigenvalue weighted by molar-refractivity contribution is 7.99. The van der Waals surface area contributed by atoms with Crippen molar-refractivity contribution in [2.24, 2.45) is 0 Å². The Morgan fingerprint density at radius 2 is 1.93 bits per heavy atom. The van der Waals surface area contributed by atoms with Crippen LogP contribution in [-0.4, -0.2) is 28.0 Å². The second-order valence-corrected chi connectivity index (χ2v) is 9.68. The van der Waals surface area contributed by atoms with Crippen molar-refractivity contribution in [2.75, 3.05) is 4.72 Å². The maximum atomic E-state index is 12.6. The Hall–Kier alpha value is -2.62. The van der Waals surface area contributed by atoms with Crippen LogP contribution in [0.3, 0.4) is 0 Å². The van der Waals surface area contributed by atoms with E-state index in [0.29, 0.717) is 16.5 Å². The average molecular weight is 460 g/mol. The third-order valence-corrected chi connectivity index (χ3v) is 7.20. The van der Waals surface area contributed by atoms with Gasteiger partial charge in [-0.15, -0.1) is 0 Å². The van der Waals surface area contributed by atoms with E-state index in [1.807, 2.05) is 19.1 Å². The van der Waals surface area contributed by atoms with Crippen molar-refractivity contribution in [3.8, 4) is 0 Å². The largest absolute Gasteiger partial charge is 0.280 e. The average Bonchev–Trinajstić information content (AvgIpc) is 3.17. The molecular weight excluding hydrogens is 442 g/mol. The molecule has 0 spiro atoms. The Morgan fingerprint density at radius 1 is 1.17 bits per heavy atom. The minimum absolute atomic E-state index is 0.113. The number of hydrogen-bond acceptors (Lipinski definition) is 6. The van der Waals surface area contributed by atoms with Crippen molar-refractivity contribution < 1.29 is 8.42 Å². The molecule has 2 heterocycles. The highest BCUT2D eigenvalue weighted by Crippen LogP contribution is 2.32. The van der Waals surface area contributed by atoms with Gasteiger partial charge in [0.1, 0.15) is 11.4 Å². The molecule has 0 aliphatic heterocycles. The molecule has 0 aliphatic rings. The molecule has 154 valence electrons. The van der Waals surface area contributed by atoms with Gasteiger partial charge in [0, 0.05) is 26.9 Å². The second kappa shape index (κ2) is 8.25. The number of rotatable bonds is 6. The van der Waals surface area contributed by atoms with Gasteiger partial charge in [0.15, 0.2) is 0 Å². The normalized spacial score (nSPS) is 11.7. The Morgan fingerprint density at radius 3 is 2.63 bits per heavy atom. The lowest BCUT2D eigenvalue weighted by molar-refractivity contribution is 0.601. The summed E-state index contributed by atoms with van der Waals surface area (Å²) in [6.07, 6.45) is 2.30. The van der Waals surface area contributed by atoms with Crippen LogP contribution in [0.4, 0.5) is 5.69 Å². The van der Waals surface area contributed by atoms with Crippen molar-refractivity contribution in [1.82, 2.24) is 19.6 Å². The molecule has 0 unspecified atom stereocenters. The zero-order chi connectivity index (χ0) is 21.3. The van der Waals surface area contributed by atoms with E-state index < -0.39 is 10.0 Å². The minimum Gasteiger partial charge on any atom is -0.280 e. The summed E-state index contributed by atoms with van der Waals surface area (Å²) in [5.74, 6) is 0.554. The van der Waals surface area contributed by atoms with Crippen LogP contribution < -0.4 is 4.72 Å². The monoisotopic (exact) mass is 459 g/mol. The van der Waals surface area contributed by atoms with Gasteiger partial charge in [-0.05, 0) is 55.8 Å². The molecule has 0 fully saturated rings. The third-order valence-electron chi connectivity index (χ3n) is 4.47. The molecule has 4 aromatic rings. The molecule has 0 saturated heterocycles. The highest BCUT2D eigenvalue weighted by Gasteiger charge is 2.16. The predicted molar refractivity (Wildman–Crippen MR) is 118 cm³/mol.